The molecule has 0 bridgehead atoms. The molecule has 0 unspecified atom stereocenters. The number of hydrogen-bond acceptors (Lipinski definition) is 3. The fourth-order valence-electron chi connectivity index (χ4n) is 1.18. The molecule has 3 nitrogen and oxygen atoms in total. The summed E-state index contributed by atoms with van der Waals surface area (Å²) in [6.07, 6.45) is 0. The minimum absolute atomic E-state index is 0.0652. The molecule has 0 amide bonds. The average Bonchev–Trinajstić information content (AvgIpc) is 2.03. The van der Waals surface area contributed by atoms with Crippen LogP contribution >= 0.6 is 0 Å². The number of ether oxygens (including phenoxy) is 1. The third-order valence-corrected chi connectivity index (χ3v) is 2.29. The van der Waals surface area contributed by atoms with Gasteiger partial charge in [-0.1, -0.05) is 13.8 Å². The summed E-state index contributed by atoms with van der Waals surface area (Å²) < 4.78 is 5.70. The van der Waals surface area contributed by atoms with Crippen molar-refractivity contribution >= 4 is 0 Å². The summed E-state index contributed by atoms with van der Waals surface area (Å²) in [6, 6.07) is 0. The van der Waals surface area contributed by atoms with E-state index < -0.39 is 0 Å². The number of likely N-dealkylation sites (N-methyl/N-ethyl adjacent to an activating group) is 1. The number of nitrogens with one attached hydrogen (secondary N) is 2. The lowest BCUT2D eigenvalue weighted by Gasteiger charge is -2.28. The molecule has 0 radical (unpaired) electrons. The molecule has 0 aliphatic carbocycles. The van der Waals surface area contributed by atoms with E-state index in [1.807, 2.05) is 14.1 Å². The fourth-order valence-corrected chi connectivity index (χ4v) is 1.18. The van der Waals surface area contributed by atoms with Crippen LogP contribution in [-0.4, -0.2) is 39.4 Å². The fraction of sp³-hybridized carbons (Fsp3) is 1.00. The first-order valence-electron chi connectivity index (χ1n) is 5.24. The maximum absolute atomic E-state index is 5.70. The van der Waals surface area contributed by atoms with Crippen LogP contribution in [0.3, 0.4) is 0 Å². The topological polar surface area (TPSA) is 33.3 Å². The van der Waals surface area contributed by atoms with Gasteiger partial charge in [-0.2, -0.15) is 0 Å². The van der Waals surface area contributed by atoms with Gasteiger partial charge < -0.3 is 15.4 Å². The second-order valence-corrected chi connectivity index (χ2v) is 5.32. The average molecular weight is 202 g/mol. The van der Waals surface area contributed by atoms with Crippen molar-refractivity contribution in [2.45, 2.75) is 33.2 Å². The van der Waals surface area contributed by atoms with E-state index in [0.717, 1.165) is 19.8 Å². The van der Waals surface area contributed by atoms with Crippen LogP contribution in [0.5, 0.6) is 0 Å². The summed E-state index contributed by atoms with van der Waals surface area (Å²) in [4.78, 5) is 0. The van der Waals surface area contributed by atoms with Crippen LogP contribution in [0.25, 0.3) is 0 Å². The van der Waals surface area contributed by atoms with Crippen LogP contribution in [0, 0.1) is 5.41 Å². The molecule has 0 rings (SSSR count). The van der Waals surface area contributed by atoms with E-state index >= 15 is 0 Å². The van der Waals surface area contributed by atoms with Crippen LogP contribution in [0.1, 0.15) is 27.7 Å². The Kier molecular flexibility index (Phi) is 5.64. The van der Waals surface area contributed by atoms with Crippen LogP contribution < -0.4 is 10.6 Å². The highest BCUT2D eigenvalue weighted by Crippen LogP contribution is 2.14. The largest absolute Gasteiger partial charge is 0.379 e. The van der Waals surface area contributed by atoms with Gasteiger partial charge in [0.1, 0.15) is 0 Å². The van der Waals surface area contributed by atoms with Gasteiger partial charge in [-0.3, -0.25) is 0 Å². The Morgan fingerprint density at radius 1 is 1.00 bits per heavy atom. The molecule has 0 aromatic rings. The van der Waals surface area contributed by atoms with Crippen LogP contribution in [-0.2, 0) is 4.74 Å². The number of rotatable bonds is 7. The lowest BCUT2D eigenvalue weighted by Crippen LogP contribution is -2.42. The molecule has 86 valence electrons. The molecule has 2 N–H and O–H groups in total. The van der Waals surface area contributed by atoms with Crippen molar-refractivity contribution in [2.24, 2.45) is 5.41 Å². The van der Waals surface area contributed by atoms with Crippen molar-refractivity contribution in [3.05, 3.63) is 0 Å². The van der Waals surface area contributed by atoms with E-state index in [2.05, 4.69) is 38.3 Å². The van der Waals surface area contributed by atoms with Crippen molar-refractivity contribution in [1.29, 1.82) is 0 Å². The van der Waals surface area contributed by atoms with E-state index in [9.17, 15) is 0 Å². The quantitative estimate of drug-likeness (QED) is 0.652. The van der Waals surface area contributed by atoms with Crippen LogP contribution in [0.2, 0.25) is 0 Å². The first-order valence-corrected chi connectivity index (χ1v) is 5.24. The second kappa shape index (κ2) is 5.69. The molecule has 0 aliphatic heterocycles. The molecular weight excluding hydrogens is 176 g/mol. The van der Waals surface area contributed by atoms with E-state index in [1.165, 1.54) is 0 Å². The van der Waals surface area contributed by atoms with Gasteiger partial charge in [-0.15, -0.1) is 0 Å². The predicted octanol–water partition coefficient (Wildman–Crippen LogP) is 1.25. The van der Waals surface area contributed by atoms with Gasteiger partial charge in [0.2, 0.25) is 0 Å². The zero-order valence-corrected chi connectivity index (χ0v) is 10.5. The lowest BCUT2D eigenvalue weighted by molar-refractivity contribution is 0.0326. The zero-order chi connectivity index (χ0) is 11.2. The highest BCUT2D eigenvalue weighted by Gasteiger charge is 2.20. The summed E-state index contributed by atoms with van der Waals surface area (Å²) in [5, 5.41) is 6.39. The minimum Gasteiger partial charge on any atom is -0.379 e. The van der Waals surface area contributed by atoms with E-state index in [0.29, 0.717) is 0 Å². The molecule has 3 heteroatoms. The molecule has 0 aromatic carbocycles. The molecule has 0 spiro atoms. The summed E-state index contributed by atoms with van der Waals surface area (Å²) in [6.45, 7) is 11.2. The zero-order valence-electron chi connectivity index (χ0n) is 10.5. The van der Waals surface area contributed by atoms with Crippen LogP contribution in [0.15, 0.2) is 0 Å². The smallest absolute Gasteiger partial charge is 0.0643 e. The maximum Gasteiger partial charge on any atom is 0.0643 e. The van der Waals surface area contributed by atoms with Crippen molar-refractivity contribution in [3.8, 4) is 0 Å². The van der Waals surface area contributed by atoms with Gasteiger partial charge in [0.05, 0.1) is 13.2 Å². The van der Waals surface area contributed by atoms with Crippen molar-refractivity contribution in [3.63, 3.8) is 0 Å². The molecule has 0 aromatic heterocycles. The molecule has 0 saturated heterocycles. The summed E-state index contributed by atoms with van der Waals surface area (Å²) in [7, 11) is 3.93. The van der Waals surface area contributed by atoms with Gasteiger partial charge in [0.25, 0.3) is 0 Å². The van der Waals surface area contributed by atoms with Crippen molar-refractivity contribution < 1.29 is 4.74 Å². The Balaban J connectivity index is 3.73. The Labute approximate surface area is 88.6 Å². The standard InChI is InChI=1S/C11H26N2O/c1-10(2,7-12-5)8-14-9-11(3,4)13-6/h12-13H,7-9H2,1-6H3. The van der Waals surface area contributed by atoms with Crippen molar-refractivity contribution in [2.75, 3.05) is 33.9 Å². The predicted molar refractivity (Wildman–Crippen MR) is 61.7 cm³/mol. The van der Waals surface area contributed by atoms with Gasteiger partial charge in [0, 0.05) is 17.5 Å². The van der Waals surface area contributed by atoms with E-state index in [-0.39, 0.29) is 11.0 Å². The van der Waals surface area contributed by atoms with Crippen LogP contribution in [0.4, 0.5) is 0 Å². The molecule has 0 heterocycles. The molecule has 14 heavy (non-hydrogen) atoms. The Bertz CT molecular complexity index is 155. The first kappa shape index (κ1) is 13.9. The number of hydrogen-bond donors (Lipinski definition) is 2. The minimum atomic E-state index is 0.0652. The molecule has 0 fully saturated rings. The van der Waals surface area contributed by atoms with Gasteiger partial charge in [-0.25, -0.2) is 0 Å². The van der Waals surface area contributed by atoms with Gasteiger partial charge in [0.15, 0.2) is 0 Å². The molecule has 0 aliphatic rings. The molecule has 0 saturated carbocycles. The lowest BCUT2D eigenvalue weighted by atomic mass is 9.95. The Morgan fingerprint density at radius 3 is 2.00 bits per heavy atom. The van der Waals surface area contributed by atoms with E-state index in [4.69, 9.17) is 4.74 Å². The second-order valence-electron chi connectivity index (χ2n) is 5.32. The highest BCUT2D eigenvalue weighted by atomic mass is 16.5. The third-order valence-electron chi connectivity index (χ3n) is 2.29. The monoisotopic (exact) mass is 202 g/mol. The Morgan fingerprint density at radius 2 is 1.57 bits per heavy atom. The Hall–Kier alpha value is -0.120. The normalized spacial score (nSPS) is 13.3. The molecule has 0 atom stereocenters. The van der Waals surface area contributed by atoms with Gasteiger partial charge >= 0.3 is 0 Å². The van der Waals surface area contributed by atoms with Gasteiger partial charge in [-0.05, 0) is 27.9 Å². The summed E-state index contributed by atoms with van der Waals surface area (Å²) in [5.74, 6) is 0. The van der Waals surface area contributed by atoms with E-state index in [1.54, 1.807) is 0 Å². The molecular formula is C11H26N2O. The maximum atomic E-state index is 5.70. The van der Waals surface area contributed by atoms with Crippen molar-refractivity contribution in [1.82, 2.24) is 10.6 Å². The SMILES string of the molecule is CNCC(C)(C)COCC(C)(C)NC. The first-order chi connectivity index (χ1) is 6.33. The third kappa shape index (κ3) is 6.35. The summed E-state index contributed by atoms with van der Waals surface area (Å²) in [5.41, 5.74) is 0.272. The summed E-state index contributed by atoms with van der Waals surface area (Å²) >= 11 is 0. The highest BCUT2D eigenvalue weighted by molar-refractivity contribution is 4.76.